The van der Waals surface area contributed by atoms with Crippen molar-refractivity contribution in [3.05, 3.63) is 35.9 Å². The fourth-order valence-corrected chi connectivity index (χ4v) is 3.40. The fraction of sp³-hybridized carbons (Fsp3) is 0.667. The van der Waals surface area contributed by atoms with E-state index in [0.717, 1.165) is 25.2 Å². The minimum Gasteiger partial charge on any atom is -0.309 e. The molecule has 0 saturated carbocycles. The molecule has 0 aromatic heterocycles. The summed E-state index contributed by atoms with van der Waals surface area (Å²) in [7, 11) is 0. The molecule has 3 unspecified atom stereocenters. The second-order valence-corrected chi connectivity index (χ2v) is 6.10. The number of hydrogen-bond acceptors (Lipinski definition) is 2. The van der Waals surface area contributed by atoms with Crippen LogP contribution in [0, 0.1) is 0 Å². The topological polar surface area (TPSA) is 15.3 Å². The van der Waals surface area contributed by atoms with Crippen LogP contribution in [0.5, 0.6) is 0 Å². The van der Waals surface area contributed by atoms with Gasteiger partial charge in [0.15, 0.2) is 0 Å². The summed E-state index contributed by atoms with van der Waals surface area (Å²) >= 11 is 0. The molecule has 1 N–H and O–H groups in total. The minimum atomic E-state index is 0.464. The molecule has 2 heteroatoms. The molecule has 0 radical (unpaired) electrons. The van der Waals surface area contributed by atoms with Gasteiger partial charge in [0.1, 0.15) is 0 Å². The number of likely N-dealkylation sites (tertiary alicyclic amines) is 1. The Bertz CT molecular complexity index is 376. The number of hydrogen-bond donors (Lipinski definition) is 1. The molecule has 1 fully saturated rings. The number of nitrogens with zero attached hydrogens (tertiary/aromatic N) is 1. The maximum Gasteiger partial charge on any atom is 0.0449 e. The van der Waals surface area contributed by atoms with Crippen LogP contribution in [0.3, 0.4) is 0 Å². The Morgan fingerprint density at radius 3 is 2.60 bits per heavy atom. The van der Waals surface area contributed by atoms with Crippen molar-refractivity contribution < 1.29 is 0 Å². The Morgan fingerprint density at radius 2 is 1.95 bits per heavy atom. The molecule has 20 heavy (non-hydrogen) atoms. The molecule has 112 valence electrons. The zero-order valence-corrected chi connectivity index (χ0v) is 13.3. The molecule has 1 aromatic carbocycles. The molecule has 0 amide bonds. The van der Waals surface area contributed by atoms with Crippen molar-refractivity contribution in [3.63, 3.8) is 0 Å². The van der Waals surface area contributed by atoms with Gasteiger partial charge in [-0.3, -0.25) is 4.90 Å². The van der Waals surface area contributed by atoms with Crippen LogP contribution in [0.2, 0.25) is 0 Å². The standard InChI is InChI=1S/C18H30N2/c1-4-13-19-18(16-9-7-6-8-10-16)14-20-15(3)11-12-17(20)5-2/h6-10,15,17-19H,4-5,11-14H2,1-3H3. The van der Waals surface area contributed by atoms with Crippen LogP contribution < -0.4 is 5.32 Å². The highest BCUT2D eigenvalue weighted by atomic mass is 15.2. The van der Waals surface area contributed by atoms with Gasteiger partial charge in [0.05, 0.1) is 0 Å². The molecule has 2 nitrogen and oxygen atoms in total. The van der Waals surface area contributed by atoms with Gasteiger partial charge in [0.25, 0.3) is 0 Å². The van der Waals surface area contributed by atoms with Gasteiger partial charge in [-0.25, -0.2) is 0 Å². The van der Waals surface area contributed by atoms with E-state index in [-0.39, 0.29) is 0 Å². The Kier molecular flexibility index (Phi) is 6.06. The smallest absolute Gasteiger partial charge is 0.0449 e. The SMILES string of the molecule is CCCNC(CN1C(C)CCC1CC)c1ccccc1. The van der Waals surface area contributed by atoms with Crippen LogP contribution in [0.1, 0.15) is 58.1 Å². The maximum atomic E-state index is 3.74. The van der Waals surface area contributed by atoms with E-state index in [1.807, 2.05) is 0 Å². The lowest BCUT2D eigenvalue weighted by Gasteiger charge is -2.32. The lowest BCUT2D eigenvalue weighted by atomic mass is 10.0. The Balaban J connectivity index is 2.07. The van der Waals surface area contributed by atoms with E-state index in [1.54, 1.807) is 0 Å². The summed E-state index contributed by atoms with van der Waals surface area (Å²) < 4.78 is 0. The monoisotopic (exact) mass is 274 g/mol. The average molecular weight is 274 g/mol. The normalized spacial score (nSPS) is 24.9. The summed E-state index contributed by atoms with van der Waals surface area (Å²) in [4.78, 5) is 2.72. The highest BCUT2D eigenvalue weighted by Gasteiger charge is 2.31. The van der Waals surface area contributed by atoms with Gasteiger partial charge < -0.3 is 5.32 Å². The first-order chi connectivity index (χ1) is 9.76. The summed E-state index contributed by atoms with van der Waals surface area (Å²) in [6.45, 7) is 9.19. The molecule has 0 aliphatic carbocycles. The average Bonchev–Trinajstić information content (AvgIpc) is 2.84. The molecule has 0 spiro atoms. The van der Waals surface area contributed by atoms with E-state index in [0.29, 0.717) is 6.04 Å². The highest BCUT2D eigenvalue weighted by Crippen LogP contribution is 2.28. The van der Waals surface area contributed by atoms with Crippen LogP contribution in [0.25, 0.3) is 0 Å². The minimum absolute atomic E-state index is 0.464. The summed E-state index contributed by atoms with van der Waals surface area (Å²) in [5.74, 6) is 0. The van der Waals surface area contributed by atoms with Crippen molar-refractivity contribution in [2.75, 3.05) is 13.1 Å². The van der Waals surface area contributed by atoms with Gasteiger partial charge >= 0.3 is 0 Å². The van der Waals surface area contributed by atoms with Crippen LogP contribution in [-0.4, -0.2) is 30.1 Å². The van der Waals surface area contributed by atoms with E-state index < -0.39 is 0 Å². The predicted octanol–water partition coefficient (Wildman–Crippen LogP) is 3.99. The second-order valence-electron chi connectivity index (χ2n) is 6.10. The molecule has 1 aliphatic heterocycles. The first-order valence-electron chi connectivity index (χ1n) is 8.30. The van der Waals surface area contributed by atoms with Gasteiger partial charge in [-0.2, -0.15) is 0 Å². The summed E-state index contributed by atoms with van der Waals surface area (Å²) in [5, 5.41) is 3.74. The quantitative estimate of drug-likeness (QED) is 0.809. The summed E-state index contributed by atoms with van der Waals surface area (Å²) in [6.07, 6.45) is 5.19. The lowest BCUT2D eigenvalue weighted by Crippen LogP contribution is -2.41. The van der Waals surface area contributed by atoms with Crippen molar-refractivity contribution >= 4 is 0 Å². The first kappa shape index (κ1) is 15.5. The van der Waals surface area contributed by atoms with Gasteiger partial charge in [0, 0.05) is 24.7 Å². The molecule has 1 aliphatic rings. The molecular weight excluding hydrogens is 244 g/mol. The molecule has 1 aromatic rings. The summed E-state index contributed by atoms with van der Waals surface area (Å²) in [6, 6.07) is 12.9. The van der Waals surface area contributed by atoms with Crippen molar-refractivity contribution in [2.24, 2.45) is 0 Å². The van der Waals surface area contributed by atoms with Gasteiger partial charge in [-0.05, 0) is 44.7 Å². The zero-order chi connectivity index (χ0) is 14.4. The predicted molar refractivity (Wildman–Crippen MR) is 87.0 cm³/mol. The largest absolute Gasteiger partial charge is 0.309 e. The van der Waals surface area contributed by atoms with Crippen molar-refractivity contribution in [1.29, 1.82) is 0 Å². The van der Waals surface area contributed by atoms with E-state index in [1.165, 1.54) is 31.2 Å². The van der Waals surface area contributed by atoms with Gasteiger partial charge in [0.2, 0.25) is 0 Å². The van der Waals surface area contributed by atoms with E-state index in [2.05, 4.69) is 61.3 Å². The number of rotatable bonds is 7. The Labute approximate surface area is 124 Å². The fourth-order valence-electron chi connectivity index (χ4n) is 3.40. The number of nitrogens with one attached hydrogen (secondary N) is 1. The molecule has 0 bridgehead atoms. The van der Waals surface area contributed by atoms with Gasteiger partial charge in [-0.1, -0.05) is 44.2 Å². The Hall–Kier alpha value is -0.860. The third-order valence-electron chi connectivity index (χ3n) is 4.66. The lowest BCUT2D eigenvalue weighted by molar-refractivity contribution is 0.176. The zero-order valence-electron chi connectivity index (χ0n) is 13.3. The third kappa shape index (κ3) is 3.83. The van der Waals surface area contributed by atoms with Crippen molar-refractivity contribution in [2.45, 2.75) is 64.6 Å². The molecule has 2 rings (SSSR count). The second kappa shape index (κ2) is 7.80. The maximum absolute atomic E-state index is 3.74. The molecule has 1 heterocycles. The highest BCUT2D eigenvalue weighted by molar-refractivity contribution is 5.19. The van der Waals surface area contributed by atoms with E-state index >= 15 is 0 Å². The first-order valence-corrected chi connectivity index (χ1v) is 8.30. The summed E-state index contributed by atoms with van der Waals surface area (Å²) in [5.41, 5.74) is 1.43. The van der Waals surface area contributed by atoms with Crippen LogP contribution in [-0.2, 0) is 0 Å². The molecular formula is C18H30N2. The third-order valence-corrected chi connectivity index (χ3v) is 4.66. The Morgan fingerprint density at radius 1 is 1.20 bits per heavy atom. The molecule has 1 saturated heterocycles. The van der Waals surface area contributed by atoms with Crippen LogP contribution in [0.15, 0.2) is 30.3 Å². The van der Waals surface area contributed by atoms with Gasteiger partial charge in [-0.15, -0.1) is 0 Å². The number of benzene rings is 1. The molecule has 3 atom stereocenters. The van der Waals surface area contributed by atoms with Crippen LogP contribution >= 0.6 is 0 Å². The van der Waals surface area contributed by atoms with Crippen molar-refractivity contribution in [3.8, 4) is 0 Å². The van der Waals surface area contributed by atoms with Crippen LogP contribution in [0.4, 0.5) is 0 Å². The van der Waals surface area contributed by atoms with E-state index in [4.69, 9.17) is 0 Å². The van der Waals surface area contributed by atoms with E-state index in [9.17, 15) is 0 Å². The van der Waals surface area contributed by atoms with Crippen molar-refractivity contribution in [1.82, 2.24) is 10.2 Å².